The number of carbonyl (C=O) groups is 2. The highest BCUT2D eigenvalue weighted by molar-refractivity contribution is 6.30. The summed E-state index contributed by atoms with van der Waals surface area (Å²) in [6.07, 6.45) is 0. The molecule has 24 heavy (non-hydrogen) atoms. The summed E-state index contributed by atoms with van der Waals surface area (Å²) >= 11 is 5.88. The molecule has 126 valence electrons. The highest BCUT2D eigenvalue weighted by atomic mass is 35.5. The maximum absolute atomic E-state index is 12.1. The van der Waals surface area contributed by atoms with Gasteiger partial charge in [-0.15, -0.1) is 0 Å². The lowest BCUT2D eigenvalue weighted by Crippen LogP contribution is -2.40. The molecule has 2 amide bonds. The summed E-state index contributed by atoms with van der Waals surface area (Å²) in [6, 6.07) is 14.4. The number of halogens is 1. The molecule has 0 aliphatic heterocycles. The third kappa shape index (κ3) is 5.28. The molecule has 2 aromatic carbocycles. The van der Waals surface area contributed by atoms with E-state index in [4.69, 9.17) is 11.6 Å². The highest BCUT2D eigenvalue weighted by Crippen LogP contribution is 2.22. The summed E-state index contributed by atoms with van der Waals surface area (Å²) in [6.45, 7) is 3.62. The van der Waals surface area contributed by atoms with E-state index in [0.717, 1.165) is 11.3 Å². The first kappa shape index (κ1) is 17.8. The van der Waals surface area contributed by atoms with Crippen LogP contribution < -0.4 is 16.0 Å². The summed E-state index contributed by atoms with van der Waals surface area (Å²) in [5.74, 6) is -0.516. The summed E-state index contributed by atoms with van der Waals surface area (Å²) in [5, 5.41) is 9.37. The number of amides is 2. The summed E-state index contributed by atoms with van der Waals surface area (Å²) < 4.78 is 0. The van der Waals surface area contributed by atoms with E-state index in [1.807, 2.05) is 48.5 Å². The van der Waals surface area contributed by atoms with Crippen molar-refractivity contribution in [2.75, 3.05) is 10.6 Å². The summed E-state index contributed by atoms with van der Waals surface area (Å²) in [7, 11) is 0. The zero-order chi connectivity index (χ0) is 17.5. The molecule has 0 aliphatic carbocycles. The molecule has 0 unspecified atom stereocenters. The molecular weight excluding hydrogens is 326 g/mol. The van der Waals surface area contributed by atoms with Crippen LogP contribution in [0.15, 0.2) is 48.5 Å². The van der Waals surface area contributed by atoms with E-state index in [-0.39, 0.29) is 11.8 Å². The Morgan fingerprint density at radius 2 is 1.67 bits per heavy atom. The Balaban J connectivity index is 2.02. The van der Waals surface area contributed by atoms with Crippen molar-refractivity contribution in [1.82, 2.24) is 5.32 Å². The second-order valence-electron chi connectivity index (χ2n) is 5.44. The SMILES string of the molecule is CC(=O)N[C@@H](C)C(=O)Nc1ccccc1NCc1ccc(Cl)cc1. The topological polar surface area (TPSA) is 70.2 Å². The van der Waals surface area contributed by atoms with E-state index in [0.29, 0.717) is 17.3 Å². The van der Waals surface area contributed by atoms with Gasteiger partial charge in [0.05, 0.1) is 11.4 Å². The fourth-order valence-electron chi connectivity index (χ4n) is 2.16. The van der Waals surface area contributed by atoms with Crippen molar-refractivity contribution < 1.29 is 9.59 Å². The minimum Gasteiger partial charge on any atom is -0.379 e. The largest absolute Gasteiger partial charge is 0.379 e. The Bertz CT molecular complexity index is 716. The highest BCUT2D eigenvalue weighted by Gasteiger charge is 2.15. The van der Waals surface area contributed by atoms with Gasteiger partial charge in [0, 0.05) is 18.5 Å². The van der Waals surface area contributed by atoms with Crippen molar-refractivity contribution in [3.8, 4) is 0 Å². The minimum absolute atomic E-state index is 0.244. The lowest BCUT2D eigenvalue weighted by Gasteiger charge is -2.16. The van der Waals surface area contributed by atoms with Gasteiger partial charge in [-0.2, -0.15) is 0 Å². The second-order valence-corrected chi connectivity index (χ2v) is 5.87. The lowest BCUT2D eigenvalue weighted by molar-refractivity contribution is -0.124. The van der Waals surface area contributed by atoms with Gasteiger partial charge in [-0.05, 0) is 36.8 Å². The van der Waals surface area contributed by atoms with Crippen LogP contribution in [0.5, 0.6) is 0 Å². The molecule has 3 N–H and O–H groups in total. The van der Waals surface area contributed by atoms with Gasteiger partial charge in [-0.25, -0.2) is 0 Å². The smallest absolute Gasteiger partial charge is 0.246 e. The van der Waals surface area contributed by atoms with Gasteiger partial charge in [0.2, 0.25) is 11.8 Å². The Hall–Kier alpha value is -2.53. The zero-order valence-electron chi connectivity index (χ0n) is 13.6. The number of para-hydroxylation sites is 2. The van der Waals surface area contributed by atoms with Gasteiger partial charge < -0.3 is 16.0 Å². The zero-order valence-corrected chi connectivity index (χ0v) is 14.4. The van der Waals surface area contributed by atoms with Gasteiger partial charge in [-0.1, -0.05) is 35.9 Å². The van der Waals surface area contributed by atoms with Crippen molar-refractivity contribution in [2.24, 2.45) is 0 Å². The Morgan fingerprint density at radius 3 is 2.29 bits per heavy atom. The molecule has 0 radical (unpaired) electrons. The standard InChI is InChI=1S/C18H20ClN3O2/c1-12(21-13(2)23)18(24)22-17-6-4-3-5-16(17)20-11-14-7-9-15(19)10-8-14/h3-10,12,20H,11H2,1-2H3,(H,21,23)(H,22,24)/t12-/m0/s1. The van der Waals surface area contributed by atoms with E-state index in [1.54, 1.807) is 6.92 Å². The first-order valence-electron chi connectivity index (χ1n) is 7.61. The first-order chi connectivity index (χ1) is 11.5. The number of nitrogens with one attached hydrogen (secondary N) is 3. The normalized spacial score (nSPS) is 11.5. The van der Waals surface area contributed by atoms with Crippen LogP contribution in [-0.4, -0.2) is 17.9 Å². The van der Waals surface area contributed by atoms with Gasteiger partial charge in [0.15, 0.2) is 0 Å². The maximum Gasteiger partial charge on any atom is 0.246 e. The molecule has 0 saturated heterocycles. The fourth-order valence-corrected chi connectivity index (χ4v) is 2.28. The number of hydrogen-bond acceptors (Lipinski definition) is 3. The van der Waals surface area contributed by atoms with Gasteiger partial charge in [0.1, 0.15) is 6.04 Å². The Morgan fingerprint density at radius 1 is 1.04 bits per heavy atom. The van der Waals surface area contributed by atoms with Crippen LogP contribution in [0.25, 0.3) is 0 Å². The third-order valence-corrected chi connectivity index (χ3v) is 3.65. The van der Waals surface area contributed by atoms with Crippen LogP contribution in [0.1, 0.15) is 19.4 Å². The van der Waals surface area contributed by atoms with Crippen molar-refractivity contribution in [1.29, 1.82) is 0 Å². The van der Waals surface area contributed by atoms with E-state index in [2.05, 4.69) is 16.0 Å². The van der Waals surface area contributed by atoms with E-state index in [1.165, 1.54) is 6.92 Å². The average molecular weight is 346 g/mol. The van der Waals surface area contributed by atoms with E-state index in [9.17, 15) is 9.59 Å². The van der Waals surface area contributed by atoms with Crippen LogP contribution in [0, 0.1) is 0 Å². The lowest BCUT2D eigenvalue weighted by atomic mass is 10.2. The number of carbonyl (C=O) groups excluding carboxylic acids is 2. The monoisotopic (exact) mass is 345 g/mol. The molecule has 0 heterocycles. The molecular formula is C18H20ClN3O2. The molecule has 0 spiro atoms. The van der Waals surface area contributed by atoms with Crippen molar-refractivity contribution in [3.63, 3.8) is 0 Å². The van der Waals surface area contributed by atoms with Gasteiger partial charge >= 0.3 is 0 Å². The quantitative estimate of drug-likeness (QED) is 0.751. The molecule has 0 saturated carbocycles. The maximum atomic E-state index is 12.1. The molecule has 2 rings (SSSR count). The molecule has 2 aromatic rings. The van der Waals surface area contributed by atoms with Crippen LogP contribution in [0.3, 0.4) is 0 Å². The predicted octanol–water partition coefficient (Wildman–Crippen LogP) is 3.42. The van der Waals surface area contributed by atoms with Crippen LogP contribution in [0.4, 0.5) is 11.4 Å². The number of rotatable bonds is 6. The summed E-state index contributed by atoms with van der Waals surface area (Å²) in [5.41, 5.74) is 2.54. The number of anilines is 2. The van der Waals surface area contributed by atoms with Crippen LogP contribution in [-0.2, 0) is 16.1 Å². The molecule has 0 aliphatic rings. The van der Waals surface area contributed by atoms with E-state index >= 15 is 0 Å². The van der Waals surface area contributed by atoms with Gasteiger partial charge in [-0.3, -0.25) is 9.59 Å². The second kappa shape index (κ2) is 8.36. The minimum atomic E-state index is -0.605. The van der Waals surface area contributed by atoms with Gasteiger partial charge in [0.25, 0.3) is 0 Å². The predicted molar refractivity (Wildman–Crippen MR) is 97.1 cm³/mol. The number of hydrogen-bond donors (Lipinski definition) is 3. The third-order valence-electron chi connectivity index (χ3n) is 3.39. The van der Waals surface area contributed by atoms with E-state index < -0.39 is 6.04 Å². The van der Waals surface area contributed by atoms with Crippen molar-refractivity contribution in [2.45, 2.75) is 26.4 Å². The fraction of sp³-hybridized carbons (Fsp3) is 0.222. The molecule has 5 nitrogen and oxygen atoms in total. The van der Waals surface area contributed by atoms with Crippen LogP contribution >= 0.6 is 11.6 Å². The molecule has 0 aromatic heterocycles. The molecule has 0 fully saturated rings. The Kier molecular flexibility index (Phi) is 6.21. The Labute approximate surface area is 146 Å². The van der Waals surface area contributed by atoms with Crippen LogP contribution in [0.2, 0.25) is 5.02 Å². The number of benzene rings is 2. The van der Waals surface area contributed by atoms with Crippen molar-refractivity contribution in [3.05, 3.63) is 59.1 Å². The molecule has 6 heteroatoms. The average Bonchev–Trinajstić information content (AvgIpc) is 2.55. The summed E-state index contributed by atoms with van der Waals surface area (Å²) in [4.78, 5) is 23.2. The first-order valence-corrected chi connectivity index (χ1v) is 7.99. The molecule has 0 bridgehead atoms. The van der Waals surface area contributed by atoms with Crippen molar-refractivity contribution >= 4 is 34.8 Å². The molecule has 1 atom stereocenters.